The minimum Gasteiger partial charge on any atom is -0.469 e. The molecule has 0 radical (unpaired) electrons. The predicted octanol–water partition coefficient (Wildman–Crippen LogP) is 1.20. The van der Waals surface area contributed by atoms with E-state index in [9.17, 15) is 14.4 Å². The number of carbonyl (C=O) groups excluding carboxylic acids is 3. The average molecular weight is 257 g/mol. The lowest BCUT2D eigenvalue weighted by Gasteiger charge is -2.04. The van der Waals surface area contributed by atoms with Crippen molar-refractivity contribution in [3.8, 4) is 0 Å². The molecule has 0 atom stereocenters. The summed E-state index contributed by atoms with van der Waals surface area (Å²) in [4.78, 5) is 33.0. The molecule has 0 aromatic carbocycles. The number of amides is 1. The Balaban J connectivity index is 3.45. The first kappa shape index (κ1) is 16.1. The van der Waals surface area contributed by atoms with Gasteiger partial charge in [0.25, 0.3) is 0 Å². The summed E-state index contributed by atoms with van der Waals surface area (Å²) in [5, 5.41) is 2.53. The molecule has 1 N–H and O–H groups in total. The monoisotopic (exact) mass is 257 g/mol. The minimum absolute atomic E-state index is 0.156. The van der Waals surface area contributed by atoms with Crippen LogP contribution in [0.4, 0.5) is 4.79 Å². The molecular weight excluding hydrogens is 238 g/mol. The second kappa shape index (κ2) is 10.3. The molecule has 0 aliphatic rings. The van der Waals surface area contributed by atoms with Gasteiger partial charge in [0, 0.05) is 13.0 Å². The largest absolute Gasteiger partial charge is 0.469 e. The Bertz CT molecular complexity index is 301. The minimum atomic E-state index is -0.522. The molecule has 18 heavy (non-hydrogen) atoms. The maximum atomic E-state index is 11.2. The van der Waals surface area contributed by atoms with Crippen LogP contribution in [0.2, 0.25) is 0 Å². The Morgan fingerprint density at radius 3 is 2.61 bits per heavy atom. The van der Waals surface area contributed by atoms with Gasteiger partial charge in [-0.15, -0.1) is 0 Å². The van der Waals surface area contributed by atoms with Gasteiger partial charge in [-0.1, -0.05) is 12.7 Å². The van der Waals surface area contributed by atoms with Gasteiger partial charge in [-0.05, 0) is 12.8 Å². The van der Waals surface area contributed by atoms with Gasteiger partial charge in [0.15, 0.2) is 0 Å². The summed E-state index contributed by atoms with van der Waals surface area (Å²) < 4.78 is 9.07. The van der Waals surface area contributed by atoms with Crippen molar-refractivity contribution < 1.29 is 23.9 Å². The second-order valence-corrected chi connectivity index (χ2v) is 3.56. The quantitative estimate of drug-likeness (QED) is 0.290. The van der Waals surface area contributed by atoms with Crippen LogP contribution < -0.4 is 5.32 Å². The number of alkyl carbamates (subject to hydrolysis) is 1. The number of unbranched alkanes of at least 4 members (excludes halogenated alkanes) is 1. The highest BCUT2D eigenvalue weighted by molar-refractivity contribution is 5.95. The van der Waals surface area contributed by atoms with E-state index in [1.165, 1.54) is 13.2 Å². The van der Waals surface area contributed by atoms with E-state index in [0.717, 1.165) is 0 Å². The summed E-state index contributed by atoms with van der Waals surface area (Å²) in [5.41, 5.74) is 0. The van der Waals surface area contributed by atoms with E-state index in [1.807, 2.05) is 0 Å². The first-order valence-electron chi connectivity index (χ1n) is 5.70. The molecule has 0 aliphatic heterocycles. The Morgan fingerprint density at radius 2 is 2.00 bits per heavy atom. The normalized spacial score (nSPS) is 9.39. The number of methoxy groups -OCH3 is 1. The van der Waals surface area contributed by atoms with E-state index >= 15 is 0 Å². The van der Waals surface area contributed by atoms with Gasteiger partial charge in [0.05, 0.1) is 7.11 Å². The third-order valence-corrected chi connectivity index (χ3v) is 2.05. The first-order valence-corrected chi connectivity index (χ1v) is 5.70. The lowest BCUT2D eigenvalue weighted by Crippen LogP contribution is -2.25. The number of ether oxygens (including phenoxy) is 2. The lowest BCUT2D eigenvalue weighted by atomic mass is 10.1. The van der Waals surface area contributed by atoms with E-state index in [1.54, 1.807) is 0 Å². The van der Waals surface area contributed by atoms with Gasteiger partial charge >= 0.3 is 12.1 Å². The fraction of sp³-hybridized carbons (Fsp3) is 0.583. The molecule has 6 heteroatoms. The number of hydrogen-bond acceptors (Lipinski definition) is 5. The van der Waals surface area contributed by atoms with Crippen molar-refractivity contribution in [2.45, 2.75) is 25.7 Å². The van der Waals surface area contributed by atoms with Crippen LogP contribution in [0.3, 0.4) is 0 Å². The van der Waals surface area contributed by atoms with Crippen molar-refractivity contribution in [1.82, 2.24) is 5.32 Å². The van der Waals surface area contributed by atoms with E-state index in [4.69, 9.17) is 0 Å². The van der Waals surface area contributed by atoms with Crippen molar-refractivity contribution in [3.05, 3.63) is 12.7 Å². The summed E-state index contributed by atoms with van der Waals surface area (Å²) in [5.74, 6) is -0.679. The molecule has 0 fully saturated rings. The first-order chi connectivity index (χ1) is 8.60. The van der Waals surface area contributed by atoms with Gasteiger partial charge in [-0.3, -0.25) is 9.59 Å². The number of esters is 1. The highest BCUT2D eigenvalue weighted by Crippen LogP contribution is 1.99. The SMILES string of the molecule is C=CCOC(=O)NCCCCC(=O)CC(=O)OC. The van der Waals surface area contributed by atoms with Gasteiger partial charge in [0.2, 0.25) is 0 Å². The van der Waals surface area contributed by atoms with E-state index in [-0.39, 0.29) is 18.8 Å². The standard InChI is InChI=1S/C12H19NO5/c1-3-8-18-12(16)13-7-5-4-6-10(14)9-11(15)17-2/h3H,1,4-9H2,2H3,(H,13,16). The van der Waals surface area contributed by atoms with E-state index < -0.39 is 12.1 Å². The zero-order valence-electron chi connectivity index (χ0n) is 10.6. The summed E-state index contributed by atoms with van der Waals surface area (Å²) in [7, 11) is 1.24. The number of Topliss-reactive ketones (excluding diaryl/α,β-unsaturated/α-hetero) is 1. The number of carbonyl (C=O) groups is 3. The maximum Gasteiger partial charge on any atom is 0.407 e. The van der Waals surface area contributed by atoms with Crippen LogP contribution in [0.25, 0.3) is 0 Å². The average Bonchev–Trinajstić information content (AvgIpc) is 2.35. The smallest absolute Gasteiger partial charge is 0.407 e. The van der Waals surface area contributed by atoms with E-state index in [0.29, 0.717) is 25.8 Å². The van der Waals surface area contributed by atoms with Crippen LogP contribution >= 0.6 is 0 Å². The lowest BCUT2D eigenvalue weighted by molar-refractivity contribution is -0.143. The van der Waals surface area contributed by atoms with Crippen LogP contribution in [0.15, 0.2) is 12.7 Å². The van der Waals surface area contributed by atoms with E-state index in [2.05, 4.69) is 21.4 Å². The molecule has 0 spiro atoms. The van der Waals surface area contributed by atoms with Crippen molar-refractivity contribution >= 4 is 17.8 Å². The van der Waals surface area contributed by atoms with Crippen molar-refractivity contribution in [2.75, 3.05) is 20.3 Å². The zero-order valence-corrected chi connectivity index (χ0v) is 10.6. The molecule has 0 saturated heterocycles. The Labute approximate surface area is 106 Å². The molecule has 1 amide bonds. The Kier molecular flexibility index (Phi) is 9.25. The molecule has 0 heterocycles. The number of rotatable bonds is 9. The topological polar surface area (TPSA) is 81.7 Å². The highest BCUT2D eigenvalue weighted by atomic mass is 16.5. The fourth-order valence-electron chi connectivity index (χ4n) is 1.14. The molecule has 0 aromatic rings. The molecule has 0 unspecified atom stereocenters. The predicted molar refractivity (Wildman–Crippen MR) is 65.0 cm³/mol. The van der Waals surface area contributed by atoms with Crippen molar-refractivity contribution in [3.63, 3.8) is 0 Å². The third-order valence-electron chi connectivity index (χ3n) is 2.05. The molecule has 0 aliphatic carbocycles. The highest BCUT2D eigenvalue weighted by Gasteiger charge is 2.08. The van der Waals surface area contributed by atoms with Crippen molar-refractivity contribution in [2.24, 2.45) is 0 Å². The maximum absolute atomic E-state index is 11.2. The number of nitrogens with one attached hydrogen (secondary N) is 1. The second-order valence-electron chi connectivity index (χ2n) is 3.56. The molecule has 0 rings (SSSR count). The molecule has 0 aromatic heterocycles. The Morgan fingerprint density at radius 1 is 1.28 bits per heavy atom. The summed E-state index contributed by atoms with van der Waals surface area (Å²) in [6, 6.07) is 0. The van der Waals surface area contributed by atoms with Crippen LogP contribution in [0.5, 0.6) is 0 Å². The van der Waals surface area contributed by atoms with Crippen LogP contribution in [-0.2, 0) is 19.1 Å². The van der Waals surface area contributed by atoms with Gasteiger partial charge < -0.3 is 14.8 Å². The number of ketones is 1. The molecule has 6 nitrogen and oxygen atoms in total. The zero-order chi connectivity index (χ0) is 13.8. The van der Waals surface area contributed by atoms with Crippen molar-refractivity contribution in [1.29, 1.82) is 0 Å². The number of hydrogen-bond donors (Lipinski definition) is 1. The Hall–Kier alpha value is -1.85. The van der Waals surface area contributed by atoms with Gasteiger partial charge in [-0.25, -0.2) is 4.79 Å². The summed E-state index contributed by atoms with van der Waals surface area (Å²) in [6.45, 7) is 4.01. The van der Waals surface area contributed by atoms with Crippen LogP contribution in [0, 0.1) is 0 Å². The molecule has 0 saturated carbocycles. The molecular formula is C12H19NO5. The van der Waals surface area contributed by atoms with Crippen LogP contribution in [0.1, 0.15) is 25.7 Å². The third kappa shape index (κ3) is 9.38. The molecule has 102 valence electrons. The van der Waals surface area contributed by atoms with Gasteiger partial charge in [-0.2, -0.15) is 0 Å². The van der Waals surface area contributed by atoms with Crippen LogP contribution in [-0.4, -0.2) is 38.1 Å². The van der Waals surface area contributed by atoms with Gasteiger partial charge in [0.1, 0.15) is 18.8 Å². The fourth-order valence-corrected chi connectivity index (χ4v) is 1.14. The summed E-state index contributed by atoms with van der Waals surface area (Å²) in [6.07, 6.45) is 2.35. The molecule has 0 bridgehead atoms. The summed E-state index contributed by atoms with van der Waals surface area (Å²) >= 11 is 0.